The van der Waals surface area contributed by atoms with Crippen molar-refractivity contribution in [1.82, 2.24) is 0 Å². The Morgan fingerprint density at radius 3 is 2.10 bits per heavy atom. The maximum absolute atomic E-state index is 12.6. The molecule has 3 aromatic carbocycles. The van der Waals surface area contributed by atoms with E-state index < -0.39 is 23.8 Å². The van der Waals surface area contributed by atoms with Crippen molar-refractivity contribution in [3.63, 3.8) is 0 Å². The van der Waals surface area contributed by atoms with E-state index >= 15 is 0 Å². The van der Waals surface area contributed by atoms with Gasteiger partial charge in [0.25, 0.3) is 0 Å². The quantitative estimate of drug-likeness (QED) is 0.394. The van der Waals surface area contributed by atoms with Gasteiger partial charge in [-0.25, -0.2) is 4.79 Å². The van der Waals surface area contributed by atoms with Crippen molar-refractivity contribution in [2.24, 2.45) is 0 Å². The van der Waals surface area contributed by atoms with E-state index in [1.165, 1.54) is 12.1 Å². The Morgan fingerprint density at radius 2 is 1.42 bits per heavy atom. The fraction of sp³-hybridized carbons (Fsp3) is 0.115. The highest BCUT2D eigenvalue weighted by molar-refractivity contribution is 5.92. The number of rotatable bonds is 2. The molecule has 0 bridgehead atoms. The molecule has 3 aromatic rings. The Hall–Kier alpha value is -3.96. The molecular weight excluding hydrogens is 401 g/mol. The molecule has 0 N–H and O–H groups in total. The van der Waals surface area contributed by atoms with E-state index in [0.717, 1.165) is 17.7 Å². The third kappa shape index (κ3) is 6.26. The summed E-state index contributed by atoms with van der Waals surface area (Å²) in [6, 6.07) is 20.7. The summed E-state index contributed by atoms with van der Waals surface area (Å²) in [4.78, 5) is 12.6. The zero-order valence-corrected chi connectivity index (χ0v) is 16.5. The predicted octanol–water partition coefficient (Wildman–Crippen LogP) is 5.70. The van der Waals surface area contributed by atoms with Crippen LogP contribution in [0.25, 0.3) is 0 Å². The van der Waals surface area contributed by atoms with E-state index in [4.69, 9.17) is 4.74 Å². The lowest BCUT2D eigenvalue weighted by Gasteiger charge is -2.09. The molecule has 0 amide bonds. The van der Waals surface area contributed by atoms with Crippen molar-refractivity contribution in [2.75, 3.05) is 0 Å². The number of hydrogen-bond donors (Lipinski definition) is 0. The predicted molar refractivity (Wildman–Crippen MR) is 112 cm³/mol. The van der Waals surface area contributed by atoms with Crippen LogP contribution >= 0.6 is 0 Å². The van der Waals surface area contributed by atoms with Gasteiger partial charge in [-0.2, -0.15) is 13.2 Å². The molecule has 0 aliphatic carbocycles. The van der Waals surface area contributed by atoms with Crippen LogP contribution in [0.2, 0.25) is 0 Å². The summed E-state index contributed by atoms with van der Waals surface area (Å²) < 4.78 is 43.2. The van der Waals surface area contributed by atoms with Crippen LogP contribution < -0.4 is 0 Å². The van der Waals surface area contributed by atoms with Crippen LogP contribution in [0.1, 0.15) is 39.5 Å². The lowest BCUT2D eigenvalue weighted by molar-refractivity contribution is -0.137. The molecule has 0 saturated heterocycles. The van der Waals surface area contributed by atoms with Crippen LogP contribution in [0.5, 0.6) is 0 Å². The van der Waals surface area contributed by atoms with Crippen LogP contribution in [0.3, 0.4) is 0 Å². The normalized spacial score (nSPS) is 11.4. The van der Waals surface area contributed by atoms with Crippen LogP contribution in [0.4, 0.5) is 13.2 Å². The highest BCUT2D eigenvalue weighted by atomic mass is 19.4. The summed E-state index contributed by atoms with van der Waals surface area (Å²) in [7, 11) is 0. The largest absolute Gasteiger partial charge is 0.446 e. The molecule has 0 aliphatic heterocycles. The second kappa shape index (κ2) is 9.69. The average molecular weight is 418 g/mol. The molecule has 1 unspecified atom stereocenters. The molecule has 1 atom stereocenters. The summed E-state index contributed by atoms with van der Waals surface area (Å²) >= 11 is 0. The van der Waals surface area contributed by atoms with Crippen molar-refractivity contribution in [2.45, 2.75) is 19.2 Å². The number of hydrogen-bond acceptors (Lipinski definition) is 2. The third-order valence-electron chi connectivity index (χ3n) is 4.18. The summed E-state index contributed by atoms with van der Waals surface area (Å²) in [6.07, 6.45) is -5.16. The van der Waals surface area contributed by atoms with Crippen molar-refractivity contribution in [3.8, 4) is 23.7 Å². The van der Waals surface area contributed by atoms with Gasteiger partial charge in [0.1, 0.15) is 0 Å². The van der Waals surface area contributed by atoms with Gasteiger partial charge in [0.2, 0.25) is 0 Å². The van der Waals surface area contributed by atoms with E-state index in [1.807, 2.05) is 30.3 Å². The zero-order valence-electron chi connectivity index (χ0n) is 16.5. The van der Waals surface area contributed by atoms with Gasteiger partial charge in [-0.05, 0) is 55.5 Å². The second-order valence-corrected chi connectivity index (χ2v) is 6.55. The van der Waals surface area contributed by atoms with Crippen molar-refractivity contribution in [3.05, 3.63) is 107 Å². The first-order chi connectivity index (χ1) is 14.8. The number of benzene rings is 3. The molecule has 0 spiro atoms. The fourth-order valence-corrected chi connectivity index (χ4v) is 2.61. The summed E-state index contributed by atoms with van der Waals surface area (Å²) in [5.41, 5.74) is 1.31. The summed E-state index contributed by atoms with van der Waals surface area (Å²) in [5, 5.41) is 0. The minimum Gasteiger partial charge on any atom is -0.446 e. The van der Waals surface area contributed by atoms with Gasteiger partial charge in [-0.15, -0.1) is 0 Å². The van der Waals surface area contributed by atoms with Crippen LogP contribution in [-0.4, -0.2) is 12.1 Å². The number of ether oxygens (including phenoxy) is 1. The minimum atomic E-state index is -4.40. The molecule has 0 aliphatic rings. The maximum Gasteiger partial charge on any atom is 0.416 e. The molecule has 31 heavy (non-hydrogen) atoms. The van der Waals surface area contributed by atoms with E-state index in [0.29, 0.717) is 16.7 Å². The molecule has 5 heteroatoms. The van der Waals surface area contributed by atoms with Gasteiger partial charge in [0.05, 0.1) is 11.1 Å². The lowest BCUT2D eigenvalue weighted by atomic mass is 10.1. The molecule has 2 nitrogen and oxygen atoms in total. The number of halogens is 3. The Morgan fingerprint density at radius 1 is 0.806 bits per heavy atom. The van der Waals surface area contributed by atoms with Crippen molar-refractivity contribution < 1.29 is 22.7 Å². The smallest absolute Gasteiger partial charge is 0.416 e. The Labute approximate surface area is 178 Å². The Balaban J connectivity index is 1.70. The van der Waals surface area contributed by atoms with Gasteiger partial charge in [-0.3, -0.25) is 0 Å². The van der Waals surface area contributed by atoms with E-state index in [2.05, 4.69) is 23.7 Å². The van der Waals surface area contributed by atoms with Crippen molar-refractivity contribution >= 4 is 5.97 Å². The Kier molecular flexibility index (Phi) is 6.80. The summed E-state index contributed by atoms with van der Waals surface area (Å²) in [6.45, 7) is 1.59. The molecular formula is C26H17F3O2. The van der Waals surface area contributed by atoms with Gasteiger partial charge in [-0.1, -0.05) is 54.0 Å². The van der Waals surface area contributed by atoms with E-state index in [9.17, 15) is 18.0 Å². The number of esters is 1. The molecule has 3 rings (SSSR count). The molecule has 0 fully saturated rings. The second-order valence-electron chi connectivity index (χ2n) is 6.55. The van der Waals surface area contributed by atoms with Crippen LogP contribution in [0.15, 0.2) is 78.9 Å². The van der Waals surface area contributed by atoms with E-state index in [-0.39, 0.29) is 0 Å². The number of carbonyl (C=O) groups is 1. The molecule has 0 radical (unpaired) electrons. The standard InChI is InChI=1S/C26H17F3O2/c1-19(11-12-21-14-17-23(18-15-21)26(27,28)29)31-25(30)24-10-6-5-9-22(24)16-13-20-7-3-2-4-8-20/h2-10,14-15,17-19H,1H3. The van der Waals surface area contributed by atoms with Crippen LogP contribution in [-0.2, 0) is 10.9 Å². The highest BCUT2D eigenvalue weighted by Crippen LogP contribution is 2.28. The maximum atomic E-state index is 12.6. The first-order valence-corrected chi connectivity index (χ1v) is 9.39. The first kappa shape index (κ1) is 21.7. The van der Waals surface area contributed by atoms with Crippen molar-refractivity contribution in [1.29, 1.82) is 0 Å². The fourth-order valence-electron chi connectivity index (χ4n) is 2.61. The van der Waals surface area contributed by atoms with Crippen LogP contribution in [0, 0.1) is 23.7 Å². The average Bonchev–Trinajstić information content (AvgIpc) is 2.77. The number of carbonyl (C=O) groups excluding carboxylic acids is 1. The molecule has 0 aromatic heterocycles. The lowest BCUT2D eigenvalue weighted by Crippen LogP contribution is -2.14. The van der Waals surface area contributed by atoms with Gasteiger partial charge >= 0.3 is 12.1 Å². The zero-order chi connectivity index (χ0) is 22.3. The number of alkyl halides is 3. The van der Waals surface area contributed by atoms with E-state index in [1.54, 1.807) is 31.2 Å². The molecule has 0 heterocycles. The monoisotopic (exact) mass is 418 g/mol. The highest BCUT2D eigenvalue weighted by Gasteiger charge is 2.29. The minimum absolute atomic E-state index is 0.314. The Bertz CT molecular complexity index is 1170. The third-order valence-corrected chi connectivity index (χ3v) is 4.18. The first-order valence-electron chi connectivity index (χ1n) is 9.39. The molecule has 154 valence electrons. The SMILES string of the molecule is CC(C#Cc1ccc(C(F)(F)F)cc1)OC(=O)c1ccccc1C#Cc1ccccc1. The van der Waals surface area contributed by atoms with Gasteiger partial charge in [0, 0.05) is 16.7 Å². The topological polar surface area (TPSA) is 26.3 Å². The van der Waals surface area contributed by atoms with Gasteiger partial charge in [0.15, 0.2) is 6.10 Å². The molecule has 0 saturated carbocycles. The van der Waals surface area contributed by atoms with Gasteiger partial charge < -0.3 is 4.74 Å². The summed E-state index contributed by atoms with van der Waals surface area (Å²) in [5.74, 6) is 10.9.